The molecule has 0 aliphatic rings. The van der Waals surface area contributed by atoms with Crippen molar-refractivity contribution >= 4 is 23.8 Å². The van der Waals surface area contributed by atoms with Crippen LogP contribution in [0, 0.1) is 29.4 Å². The Labute approximate surface area is 365 Å². The zero-order valence-electron chi connectivity index (χ0n) is 38.0. The van der Waals surface area contributed by atoms with Gasteiger partial charge in [0.15, 0.2) is 32.0 Å². The molecule has 0 bridgehead atoms. The number of nitrogens with zero attached hydrogens (tertiary/aromatic N) is 6. The summed E-state index contributed by atoms with van der Waals surface area (Å²) in [6.07, 6.45) is 24.8. The molecule has 1 unspecified atom stereocenters. The molecule has 0 rings (SSSR count). The summed E-state index contributed by atoms with van der Waals surface area (Å²) in [4.78, 5) is 48.7. The molecule has 0 aliphatic carbocycles. The van der Waals surface area contributed by atoms with Crippen molar-refractivity contribution in [3.63, 3.8) is 0 Å². The third-order valence-corrected chi connectivity index (χ3v) is 4.99. The maximum absolute atomic E-state index is 8.42. The van der Waals surface area contributed by atoms with Crippen molar-refractivity contribution in [1.82, 2.24) is 0 Å². The van der Waals surface area contributed by atoms with Gasteiger partial charge in [0.1, 0.15) is 0 Å². The number of aliphatic hydroxyl groups is 2. The van der Waals surface area contributed by atoms with E-state index in [4.69, 9.17) is 70.9 Å². The van der Waals surface area contributed by atoms with E-state index in [0.29, 0.717) is 13.2 Å². The fraction of sp³-hybridized carbons (Fsp3) is 1.00. The second-order valence-corrected chi connectivity index (χ2v) is 24.7. The monoisotopic (exact) mass is 895 g/mol. The smallest absolute Gasteiger partial charge is 1.00 e. The van der Waals surface area contributed by atoms with Gasteiger partial charge in [0.25, 0.3) is 0 Å². The Morgan fingerprint density at radius 3 is 0.625 bits per heavy atom. The van der Waals surface area contributed by atoms with Crippen molar-refractivity contribution < 1.29 is 72.4 Å². The normalized spacial score (nSPS) is 8.25. The third kappa shape index (κ3) is 508. The Kier molecular flexibility index (Phi) is 162. The Morgan fingerprint density at radius 1 is 0.375 bits per heavy atom. The zero-order valence-corrected chi connectivity index (χ0v) is 42.0. The molecule has 0 fully saturated rings. The summed E-state index contributed by atoms with van der Waals surface area (Å²) in [5.74, 6) is 0. The van der Waals surface area contributed by atoms with Crippen LogP contribution < -0.4 is 29.6 Å². The fourth-order valence-electron chi connectivity index (χ4n) is 2.71. The molecule has 0 saturated heterocycles. The Morgan fingerprint density at radius 2 is 0.500 bits per heavy atom. The summed E-state index contributed by atoms with van der Waals surface area (Å²) >= 11 is 0. The van der Waals surface area contributed by atoms with Gasteiger partial charge in [0, 0.05) is 81.1 Å². The largest absolute Gasteiger partial charge is 1.00 e. The average molecular weight is 895 g/mol. The van der Waals surface area contributed by atoms with E-state index in [0.717, 1.165) is 12.8 Å². The molecule has 0 spiro atoms. The van der Waals surface area contributed by atoms with Gasteiger partial charge in [-0.15, -0.1) is 38.7 Å². The van der Waals surface area contributed by atoms with Gasteiger partial charge in [0.2, 0.25) is 0 Å². The SMILES string of the molecule is CCCCCCCCO.CCCCCCCCO.CCCCCCCCP.C[P+](C)(C)C.C[P+](C)(C)C.O=NO.O=NO.O=NO.O=NO.O=NO.O=NO.[H-].[Na+]. The van der Waals surface area contributed by atoms with Gasteiger partial charge in [-0.25, -0.2) is 0 Å². The van der Waals surface area contributed by atoms with Crippen molar-refractivity contribution in [2.45, 2.75) is 136 Å². The maximum Gasteiger partial charge on any atom is 1.00 e. The third-order valence-electron chi connectivity index (χ3n) is 4.58. The number of hydrogen-bond donors (Lipinski definition) is 8. The number of hydrogen-bond acceptors (Lipinski definition) is 14. The molecule has 0 radical (unpaired) electrons. The van der Waals surface area contributed by atoms with Crippen molar-refractivity contribution in [3.05, 3.63) is 29.4 Å². The van der Waals surface area contributed by atoms with Crippen molar-refractivity contribution in [1.29, 1.82) is 0 Å². The van der Waals surface area contributed by atoms with Crippen molar-refractivity contribution in [2.24, 2.45) is 32.0 Å². The summed E-state index contributed by atoms with van der Waals surface area (Å²) in [6.45, 7) is 25.8. The molecule has 0 heterocycles. The Balaban J connectivity index is -0.0000000350. The second kappa shape index (κ2) is 105. The first-order chi connectivity index (χ1) is 25.7. The van der Waals surface area contributed by atoms with E-state index in [1.165, 1.54) is 141 Å². The van der Waals surface area contributed by atoms with Gasteiger partial charge < -0.3 is 42.9 Å². The van der Waals surface area contributed by atoms with Crippen LogP contribution in [0.3, 0.4) is 0 Å². The predicted molar refractivity (Wildman–Crippen MR) is 237 cm³/mol. The summed E-state index contributed by atoms with van der Waals surface area (Å²) in [5, 5.41) is 64.2. The molecule has 0 saturated carbocycles. The molecule has 0 aromatic heterocycles. The van der Waals surface area contributed by atoms with Crippen molar-refractivity contribution in [2.75, 3.05) is 72.7 Å². The molecule has 56 heavy (non-hydrogen) atoms. The molecular weight excluding hydrogens is 808 g/mol. The molecule has 0 aliphatic heterocycles. The van der Waals surface area contributed by atoms with E-state index in [9.17, 15) is 0 Å². The summed E-state index contributed by atoms with van der Waals surface area (Å²) in [5.41, 5.74) is 0. The van der Waals surface area contributed by atoms with Crippen LogP contribution in [0.4, 0.5) is 0 Å². The number of aliphatic hydroxyl groups excluding tert-OH is 2. The quantitative estimate of drug-likeness (QED) is 0.0209. The number of rotatable bonds is 18. The molecule has 24 heteroatoms. The van der Waals surface area contributed by atoms with E-state index in [2.05, 4.69) is 83.3 Å². The van der Waals surface area contributed by atoms with E-state index < -0.39 is 0 Å². The second-order valence-electron chi connectivity index (χ2n) is 13.4. The summed E-state index contributed by atoms with van der Waals surface area (Å²) < 4.78 is 0. The van der Waals surface area contributed by atoms with Gasteiger partial charge >= 0.3 is 29.6 Å². The molecule has 8 N–H and O–H groups in total. The molecule has 0 aromatic rings. The van der Waals surface area contributed by atoms with Gasteiger partial charge in [-0.3, -0.25) is 0 Å². The van der Waals surface area contributed by atoms with Crippen LogP contribution >= 0.6 is 23.8 Å². The Hall–Kier alpha value is -1.39. The van der Waals surface area contributed by atoms with Crippen molar-refractivity contribution in [3.8, 4) is 0 Å². The fourth-order valence-corrected chi connectivity index (χ4v) is 3.00. The Bertz CT molecular complexity index is 525. The molecule has 0 amide bonds. The summed E-state index contributed by atoms with van der Waals surface area (Å²) in [7, 11) is 2.00. The minimum Gasteiger partial charge on any atom is -1.00 e. The molecule has 0 aromatic carbocycles. The van der Waals surface area contributed by atoms with Crippen LogP contribution in [-0.4, -0.2) is 114 Å². The molecular formula is C32H86N6NaO14P3+2. The minimum atomic E-state index is -0.389. The van der Waals surface area contributed by atoms with E-state index >= 15 is 0 Å². The maximum atomic E-state index is 8.42. The first kappa shape index (κ1) is 86.4. The van der Waals surface area contributed by atoms with Crippen LogP contribution in [0.25, 0.3) is 0 Å². The zero-order chi connectivity index (χ0) is 46.1. The standard InChI is InChI=1S/2C8H18O.C8H19P.2C4H12P.6HNO2.Na.H/c3*1-2-3-4-5-6-7-8-9;2*1-5(2,3)4;6*2-1-3;;/h2*9H,2-8H2,1H3;2-9H2,1H3;2*1-4H3;6*(H,2,3);;/q;;;2*+1;;;;;;;+1;-1. The van der Waals surface area contributed by atoms with Gasteiger partial charge in [-0.1, -0.05) is 117 Å². The molecule has 1 atom stereocenters. The first-order valence-electron chi connectivity index (χ1n) is 18.0. The van der Waals surface area contributed by atoms with Crippen LogP contribution in [0.1, 0.15) is 138 Å². The van der Waals surface area contributed by atoms with Crippen LogP contribution in [-0.2, 0) is 0 Å². The predicted octanol–water partition coefficient (Wildman–Crippen LogP) is 8.92. The van der Waals surface area contributed by atoms with Gasteiger partial charge in [-0.2, -0.15) is 0 Å². The van der Waals surface area contributed by atoms with E-state index in [-0.39, 0.29) is 45.5 Å². The van der Waals surface area contributed by atoms with Crippen LogP contribution in [0.15, 0.2) is 32.0 Å². The van der Waals surface area contributed by atoms with E-state index in [1.807, 2.05) is 0 Å². The molecule has 20 nitrogen and oxygen atoms in total. The first-order valence-corrected chi connectivity index (χ1v) is 26.0. The van der Waals surface area contributed by atoms with Gasteiger partial charge in [0.05, 0.1) is 0 Å². The van der Waals surface area contributed by atoms with Crippen LogP contribution in [0.2, 0.25) is 0 Å². The van der Waals surface area contributed by atoms with Gasteiger partial charge in [-0.05, 0) is 25.4 Å². The van der Waals surface area contributed by atoms with Crippen LogP contribution in [0.5, 0.6) is 0 Å². The minimum absolute atomic E-state index is 0. The van der Waals surface area contributed by atoms with E-state index in [1.54, 1.807) is 0 Å². The number of unbranched alkanes of at least 4 members (excludes halogenated alkanes) is 15. The molecule has 342 valence electrons. The average Bonchev–Trinajstić information content (AvgIpc) is 3.06. The topological polar surface area (TPSA) is 338 Å². The summed E-state index contributed by atoms with van der Waals surface area (Å²) in [6, 6.07) is 0.